The van der Waals surface area contributed by atoms with E-state index in [-0.39, 0.29) is 16.9 Å². The van der Waals surface area contributed by atoms with E-state index in [1.54, 1.807) is 54.6 Å². The van der Waals surface area contributed by atoms with Crippen LogP contribution >= 0.6 is 34.8 Å². The van der Waals surface area contributed by atoms with Gasteiger partial charge in [0.05, 0.1) is 22.6 Å². The predicted molar refractivity (Wildman–Crippen MR) is 129 cm³/mol. The molecule has 1 heterocycles. The molecule has 9 heteroatoms. The van der Waals surface area contributed by atoms with Gasteiger partial charge in [0.25, 0.3) is 0 Å². The fourth-order valence-electron chi connectivity index (χ4n) is 4.01. The summed E-state index contributed by atoms with van der Waals surface area (Å²) < 4.78 is 29.2. The van der Waals surface area contributed by atoms with Crippen molar-refractivity contribution in [1.82, 2.24) is 4.31 Å². The first-order chi connectivity index (χ1) is 15.7. The first-order valence-electron chi connectivity index (χ1n) is 9.92. The topological polar surface area (TPSA) is 74.7 Å². The minimum atomic E-state index is -4.18. The number of carboxylic acids is 1. The van der Waals surface area contributed by atoms with Crippen LogP contribution in [-0.2, 0) is 14.8 Å². The largest absolute Gasteiger partial charge is 0.478 e. The van der Waals surface area contributed by atoms with Gasteiger partial charge in [-0.25, -0.2) is 13.2 Å². The molecule has 0 amide bonds. The molecule has 0 radical (unpaired) electrons. The van der Waals surface area contributed by atoms with Gasteiger partial charge in [-0.05, 0) is 66.1 Å². The van der Waals surface area contributed by atoms with Gasteiger partial charge >= 0.3 is 5.97 Å². The lowest BCUT2D eigenvalue weighted by Gasteiger charge is -2.40. The number of halogens is 3. The second kappa shape index (κ2) is 9.49. The minimum Gasteiger partial charge on any atom is -0.478 e. The summed E-state index contributed by atoms with van der Waals surface area (Å²) in [6.07, 6.45) is 1.72. The number of hydrogen-bond donors (Lipinski definition) is 1. The molecule has 0 bridgehead atoms. The molecule has 3 aromatic rings. The number of nitrogens with zero attached hydrogens (tertiary/aromatic N) is 1. The second-order valence-electron chi connectivity index (χ2n) is 7.52. The molecular formula is C24H18Cl3NO4S. The van der Waals surface area contributed by atoms with Crippen molar-refractivity contribution in [1.29, 1.82) is 0 Å². The van der Waals surface area contributed by atoms with E-state index >= 15 is 0 Å². The van der Waals surface area contributed by atoms with Gasteiger partial charge in [0, 0.05) is 15.1 Å². The smallest absolute Gasteiger partial charge is 0.333 e. The fourth-order valence-corrected chi connectivity index (χ4v) is 6.31. The summed E-state index contributed by atoms with van der Waals surface area (Å²) >= 11 is 18.4. The molecular weight excluding hydrogens is 505 g/mol. The third-order valence-corrected chi connectivity index (χ3v) is 8.06. The summed E-state index contributed by atoms with van der Waals surface area (Å²) in [5.41, 5.74) is 1.04. The van der Waals surface area contributed by atoms with Crippen molar-refractivity contribution in [3.8, 4) is 0 Å². The van der Waals surface area contributed by atoms with E-state index in [4.69, 9.17) is 34.8 Å². The SMILES string of the molecule is O=C(O)C1=CC[C@@H](c2cccc(Cl)c2)N(S(=O)(=O)c2ccc(Cl)cc2)[C@H]1c1cccc(Cl)c1. The van der Waals surface area contributed by atoms with Gasteiger partial charge in [0.15, 0.2) is 0 Å². The third kappa shape index (κ3) is 4.81. The lowest BCUT2D eigenvalue weighted by Crippen LogP contribution is -2.42. The Hall–Kier alpha value is -2.35. The number of rotatable bonds is 5. The van der Waals surface area contributed by atoms with Crippen LogP contribution in [0.4, 0.5) is 0 Å². The van der Waals surface area contributed by atoms with Crippen molar-refractivity contribution in [2.75, 3.05) is 0 Å². The van der Waals surface area contributed by atoms with E-state index in [1.165, 1.54) is 28.6 Å². The summed E-state index contributed by atoms with van der Waals surface area (Å²) in [5.74, 6) is -1.21. The quantitative estimate of drug-likeness (QED) is 0.413. The highest BCUT2D eigenvalue weighted by atomic mass is 35.5. The van der Waals surface area contributed by atoms with Gasteiger partial charge in [0.2, 0.25) is 10.0 Å². The molecule has 5 nitrogen and oxygen atoms in total. The average molecular weight is 523 g/mol. The molecule has 170 valence electrons. The first-order valence-corrected chi connectivity index (χ1v) is 12.5. The average Bonchev–Trinajstić information content (AvgIpc) is 2.78. The highest BCUT2D eigenvalue weighted by molar-refractivity contribution is 7.89. The van der Waals surface area contributed by atoms with Crippen LogP contribution < -0.4 is 0 Å². The number of sulfonamides is 1. The van der Waals surface area contributed by atoms with Crippen molar-refractivity contribution in [2.24, 2.45) is 0 Å². The lowest BCUT2D eigenvalue weighted by molar-refractivity contribution is -0.133. The highest BCUT2D eigenvalue weighted by Crippen LogP contribution is 2.46. The zero-order chi connectivity index (χ0) is 23.8. The number of carbonyl (C=O) groups is 1. The number of hydrogen-bond acceptors (Lipinski definition) is 3. The van der Waals surface area contributed by atoms with Crippen LogP contribution in [0.15, 0.2) is 89.3 Å². The van der Waals surface area contributed by atoms with Crippen molar-refractivity contribution >= 4 is 50.8 Å². The van der Waals surface area contributed by atoms with Crippen molar-refractivity contribution < 1.29 is 18.3 Å². The molecule has 0 saturated heterocycles. The van der Waals surface area contributed by atoms with Gasteiger partial charge in [-0.2, -0.15) is 4.31 Å². The van der Waals surface area contributed by atoms with Crippen molar-refractivity contribution in [2.45, 2.75) is 23.4 Å². The maximum atomic E-state index is 14.0. The Morgan fingerprint density at radius 3 is 2.00 bits per heavy atom. The maximum Gasteiger partial charge on any atom is 0.333 e. The number of benzene rings is 3. The Kier molecular flexibility index (Phi) is 6.84. The second-order valence-corrected chi connectivity index (χ2v) is 10.7. The van der Waals surface area contributed by atoms with E-state index in [2.05, 4.69) is 0 Å². The van der Waals surface area contributed by atoms with Gasteiger partial charge in [0.1, 0.15) is 0 Å². The molecule has 2 atom stereocenters. The monoisotopic (exact) mass is 521 g/mol. The molecule has 1 aliphatic rings. The molecule has 1 N–H and O–H groups in total. The van der Waals surface area contributed by atoms with Gasteiger partial charge in [-0.1, -0.05) is 65.1 Å². The van der Waals surface area contributed by atoms with Crippen LogP contribution in [-0.4, -0.2) is 23.8 Å². The van der Waals surface area contributed by atoms with Crippen molar-refractivity contribution in [3.63, 3.8) is 0 Å². The van der Waals surface area contributed by atoms with Crippen LogP contribution in [0.25, 0.3) is 0 Å². The van der Waals surface area contributed by atoms with Crippen LogP contribution in [0.5, 0.6) is 0 Å². The van der Waals surface area contributed by atoms with Gasteiger partial charge < -0.3 is 5.11 Å². The Morgan fingerprint density at radius 1 is 0.848 bits per heavy atom. The molecule has 0 saturated carbocycles. The van der Waals surface area contributed by atoms with E-state index in [0.29, 0.717) is 26.2 Å². The molecule has 0 fully saturated rings. The zero-order valence-electron chi connectivity index (χ0n) is 17.0. The standard InChI is InChI=1S/C24H18Cl3NO4S/c25-17-7-9-20(10-8-17)33(31,32)28-22(15-3-1-5-18(26)13-15)12-11-21(24(29)30)23(28)16-4-2-6-19(27)14-16/h1-11,13-14,22-23H,12H2,(H,29,30)/t22-,23-/m0/s1. The Morgan fingerprint density at radius 2 is 1.42 bits per heavy atom. The van der Waals surface area contributed by atoms with Crippen molar-refractivity contribution in [3.05, 3.63) is 111 Å². The molecule has 0 aliphatic carbocycles. The van der Waals surface area contributed by atoms with E-state index in [0.717, 1.165) is 0 Å². The van der Waals surface area contributed by atoms with Crippen LogP contribution in [0, 0.1) is 0 Å². The van der Waals surface area contributed by atoms with Gasteiger partial charge in [-0.3, -0.25) is 0 Å². The minimum absolute atomic E-state index is 0.00223. The Labute approximate surface area is 206 Å². The molecule has 4 rings (SSSR count). The Bertz CT molecular complexity index is 1340. The molecule has 1 aliphatic heterocycles. The summed E-state index contributed by atoms with van der Waals surface area (Å²) in [5, 5.41) is 11.2. The molecule has 33 heavy (non-hydrogen) atoms. The van der Waals surface area contributed by atoms with E-state index in [9.17, 15) is 18.3 Å². The zero-order valence-corrected chi connectivity index (χ0v) is 20.1. The predicted octanol–water partition coefficient (Wildman–Crippen LogP) is 6.53. The van der Waals surface area contributed by atoms with E-state index in [1.807, 2.05) is 0 Å². The molecule has 0 aromatic heterocycles. The summed E-state index contributed by atoms with van der Waals surface area (Å²) in [6, 6.07) is 17.4. The lowest BCUT2D eigenvalue weighted by atomic mass is 9.89. The summed E-state index contributed by atoms with van der Waals surface area (Å²) in [7, 11) is -4.18. The number of carboxylic acid groups (broad SMARTS) is 1. The number of aliphatic carboxylic acids is 1. The Balaban J connectivity index is 1.98. The van der Waals surface area contributed by atoms with Crippen LogP contribution in [0.1, 0.15) is 29.6 Å². The van der Waals surface area contributed by atoms with Crippen LogP contribution in [0.3, 0.4) is 0 Å². The third-order valence-electron chi connectivity index (χ3n) is 5.45. The summed E-state index contributed by atoms with van der Waals surface area (Å²) in [6.45, 7) is 0. The van der Waals surface area contributed by atoms with Crippen LogP contribution in [0.2, 0.25) is 15.1 Å². The first kappa shape index (κ1) is 23.8. The molecule has 0 spiro atoms. The fraction of sp³-hybridized carbons (Fsp3) is 0.125. The molecule has 3 aromatic carbocycles. The van der Waals surface area contributed by atoms with Gasteiger partial charge in [-0.15, -0.1) is 0 Å². The maximum absolute atomic E-state index is 14.0. The normalized spacial score (nSPS) is 19.2. The highest BCUT2D eigenvalue weighted by Gasteiger charge is 2.44. The van der Waals surface area contributed by atoms with E-state index < -0.39 is 28.1 Å². The molecule has 0 unspecified atom stereocenters. The summed E-state index contributed by atoms with van der Waals surface area (Å²) in [4.78, 5) is 12.2.